The minimum atomic E-state index is 0.0111. The molecule has 3 aromatic rings. The molecule has 4 rings (SSSR count). The molecule has 2 N–H and O–H groups in total. The number of piperidine rings is 1. The summed E-state index contributed by atoms with van der Waals surface area (Å²) < 4.78 is 0. The maximum Gasteiger partial charge on any atom is 0.271 e. The van der Waals surface area contributed by atoms with Crippen LogP contribution in [0, 0.1) is 5.92 Å². The third-order valence-electron chi connectivity index (χ3n) is 4.64. The van der Waals surface area contributed by atoms with E-state index in [1.54, 1.807) is 24.7 Å². The van der Waals surface area contributed by atoms with E-state index in [0.717, 1.165) is 49.3 Å². The van der Waals surface area contributed by atoms with Gasteiger partial charge in [-0.3, -0.25) is 20.0 Å². The minimum Gasteiger partial charge on any atom is -0.337 e. The summed E-state index contributed by atoms with van der Waals surface area (Å²) in [6, 6.07) is 7.59. The predicted octanol–water partition coefficient (Wildman–Crippen LogP) is 2.29. The molecule has 0 bridgehead atoms. The third kappa shape index (κ3) is 3.45. The van der Waals surface area contributed by atoms with Crippen LogP contribution in [0.3, 0.4) is 0 Å². The van der Waals surface area contributed by atoms with E-state index in [9.17, 15) is 4.79 Å². The molecule has 128 valence electrons. The zero-order chi connectivity index (χ0) is 17.1. The van der Waals surface area contributed by atoms with Crippen LogP contribution >= 0.6 is 0 Å². The summed E-state index contributed by atoms with van der Waals surface area (Å²) in [4.78, 5) is 18.8. The topological polar surface area (TPSA) is 90.6 Å². The maximum atomic E-state index is 12.8. The van der Waals surface area contributed by atoms with Crippen molar-refractivity contribution in [2.75, 3.05) is 13.1 Å². The molecule has 4 heterocycles. The molecular formula is C18H20N6O. The van der Waals surface area contributed by atoms with E-state index in [1.807, 2.05) is 23.1 Å². The lowest BCUT2D eigenvalue weighted by molar-refractivity contribution is 0.0667. The SMILES string of the molecule is O=C(c1cc(-c2cccnc2)n[nH]1)N1CCC[C@@H](Cc2ccn[nH]2)C1. The van der Waals surface area contributed by atoms with E-state index in [2.05, 4.69) is 25.4 Å². The molecule has 0 saturated carbocycles. The standard InChI is InChI=1S/C18H20N6O/c25-18(17-10-16(22-23-17)14-4-1-6-19-11-14)24-8-2-3-13(12-24)9-15-5-7-20-21-15/h1,4-7,10-11,13H,2-3,8-9,12H2,(H,20,21)(H,22,23)/t13-/m0/s1. The van der Waals surface area contributed by atoms with E-state index in [1.165, 1.54) is 0 Å². The average molecular weight is 336 g/mol. The van der Waals surface area contributed by atoms with Crippen LogP contribution in [-0.4, -0.2) is 49.3 Å². The number of amides is 1. The van der Waals surface area contributed by atoms with Crippen molar-refractivity contribution in [3.8, 4) is 11.3 Å². The van der Waals surface area contributed by atoms with E-state index < -0.39 is 0 Å². The van der Waals surface area contributed by atoms with Crippen molar-refractivity contribution < 1.29 is 4.79 Å². The van der Waals surface area contributed by atoms with Gasteiger partial charge in [-0.05, 0) is 49.4 Å². The zero-order valence-corrected chi connectivity index (χ0v) is 13.9. The van der Waals surface area contributed by atoms with Crippen LogP contribution in [0.2, 0.25) is 0 Å². The first-order valence-corrected chi connectivity index (χ1v) is 8.53. The molecule has 1 atom stereocenters. The number of carbonyl (C=O) groups excluding carboxylic acids is 1. The monoisotopic (exact) mass is 336 g/mol. The van der Waals surface area contributed by atoms with E-state index in [-0.39, 0.29) is 5.91 Å². The molecule has 3 aromatic heterocycles. The normalized spacial score (nSPS) is 17.6. The number of aromatic amines is 2. The second-order valence-electron chi connectivity index (χ2n) is 6.45. The van der Waals surface area contributed by atoms with Gasteiger partial charge in [0, 0.05) is 42.9 Å². The van der Waals surface area contributed by atoms with Crippen molar-refractivity contribution >= 4 is 5.91 Å². The molecule has 0 spiro atoms. The van der Waals surface area contributed by atoms with Gasteiger partial charge in [-0.1, -0.05) is 0 Å². The Morgan fingerprint density at radius 2 is 2.24 bits per heavy atom. The van der Waals surface area contributed by atoms with Gasteiger partial charge in [-0.15, -0.1) is 0 Å². The summed E-state index contributed by atoms with van der Waals surface area (Å²) in [5.74, 6) is 0.468. The zero-order valence-electron chi connectivity index (χ0n) is 13.9. The second kappa shape index (κ2) is 6.88. The van der Waals surface area contributed by atoms with E-state index in [0.29, 0.717) is 11.6 Å². The van der Waals surface area contributed by atoms with Crippen LogP contribution in [0.4, 0.5) is 0 Å². The van der Waals surface area contributed by atoms with Gasteiger partial charge < -0.3 is 4.90 Å². The number of carbonyl (C=O) groups is 1. The van der Waals surface area contributed by atoms with Gasteiger partial charge in [-0.25, -0.2) is 0 Å². The van der Waals surface area contributed by atoms with Crippen LogP contribution < -0.4 is 0 Å². The van der Waals surface area contributed by atoms with Crippen molar-refractivity contribution in [2.24, 2.45) is 5.92 Å². The van der Waals surface area contributed by atoms with Crippen molar-refractivity contribution in [1.82, 2.24) is 30.3 Å². The molecule has 0 aromatic carbocycles. The number of nitrogens with one attached hydrogen (secondary N) is 2. The first-order chi connectivity index (χ1) is 12.3. The number of rotatable bonds is 4. The van der Waals surface area contributed by atoms with Gasteiger partial charge in [0.05, 0.1) is 5.69 Å². The number of H-pyrrole nitrogens is 2. The summed E-state index contributed by atoms with van der Waals surface area (Å²) in [6.45, 7) is 1.55. The van der Waals surface area contributed by atoms with Crippen molar-refractivity contribution in [2.45, 2.75) is 19.3 Å². The first-order valence-electron chi connectivity index (χ1n) is 8.53. The molecule has 0 radical (unpaired) electrons. The molecule has 1 amide bonds. The molecule has 7 nitrogen and oxygen atoms in total. The Morgan fingerprint density at radius 3 is 3.04 bits per heavy atom. The van der Waals surface area contributed by atoms with E-state index >= 15 is 0 Å². The summed E-state index contributed by atoms with van der Waals surface area (Å²) in [5, 5.41) is 14.1. The molecular weight excluding hydrogens is 316 g/mol. The smallest absolute Gasteiger partial charge is 0.271 e. The first kappa shape index (κ1) is 15.6. The Kier molecular flexibility index (Phi) is 4.28. The Bertz CT molecular complexity index is 826. The van der Waals surface area contributed by atoms with Crippen LogP contribution in [-0.2, 0) is 6.42 Å². The molecule has 1 fully saturated rings. The highest BCUT2D eigenvalue weighted by Crippen LogP contribution is 2.22. The number of likely N-dealkylation sites (tertiary alicyclic amines) is 1. The summed E-state index contributed by atoms with van der Waals surface area (Å²) in [6.07, 6.45) is 8.31. The summed E-state index contributed by atoms with van der Waals surface area (Å²) >= 11 is 0. The fraction of sp³-hybridized carbons (Fsp3) is 0.333. The molecule has 0 unspecified atom stereocenters. The second-order valence-corrected chi connectivity index (χ2v) is 6.45. The Morgan fingerprint density at radius 1 is 1.28 bits per heavy atom. The van der Waals surface area contributed by atoms with Crippen LogP contribution in [0.25, 0.3) is 11.3 Å². The molecule has 25 heavy (non-hydrogen) atoms. The van der Waals surface area contributed by atoms with Crippen molar-refractivity contribution in [3.63, 3.8) is 0 Å². The quantitative estimate of drug-likeness (QED) is 0.765. The van der Waals surface area contributed by atoms with Crippen LogP contribution in [0.1, 0.15) is 29.0 Å². The van der Waals surface area contributed by atoms with Gasteiger partial charge in [-0.2, -0.15) is 10.2 Å². The fourth-order valence-corrected chi connectivity index (χ4v) is 3.39. The summed E-state index contributed by atoms with van der Waals surface area (Å²) in [7, 11) is 0. The third-order valence-corrected chi connectivity index (χ3v) is 4.64. The molecule has 1 saturated heterocycles. The molecule has 1 aliphatic rings. The fourth-order valence-electron chi connectivity index (χ4n) is 3.39. The summed E-state index contributed by atoms with van der Waals surface area (Å²) in [5.41, 5.74) is 3.29. The highest BCUT2D eigenvalue weighted by Gasteiger charge is 2.26. The Balaban J connectivity index is 1.44. The highest BCUT2D eigenvalue weighted by atomic mass is 16.2. The predicted molar refractivity (Wildman–Crippen MR) is 92.7 cm³/mol. The van der Waals surface area contributed by atoms with Crippen LogP contribution in [0.5, 0.6) is 0 Å². The lowest BCUT2D eigenvalue weighted by atomic mass is 9.93. The minimum absolute atomic E-state index is 0.0111. The number of hydrogen-bond acceptors (Lipinski definition) is 4. The highest BCUT2D eigenvalue weighted by molar-refractivity contribution is 5.93. The van der Waals surface area contributed by atoms with Crippen LogP contribution in [0.15, 0.2) is 42.9 Å². The Labute approximate surface area is 145 Å². The van der Waals surface area contributed by atoms with Gasteiger partial charge in [0.1, 0.15) is 5.69 Å². The number of nitrogens with zero attached hydrogens (tertiary/aromatic N) is 4. The van der Waals surface area contributed by atoms with E-state index in [4.69, 9.17) is 0 Å². The molecule has 7 heteroatoms. The maximum absolute atomic E-state index is 12.8. The number of aromatic nitrogens is 5. The van der Waals surface area contributed by atoms with Crippen molar-refractivity contribution in [1.29, 1.82) is 0 Å². The van der Waals surface area contributed by atoms with Gasteiger partial charge in [0.25, 0.3) is 5.91 Å². The molecule has 0 aliphatic carbocycles. The van der Waals surface area contributed by atoms with Gasteiger partial charge in [0.15, 0.2) is 0 Å². The lowest BCUT2D eigenvalue weighted by Gasteiger charge is -2.32. The Hall–Kier alpha value is -2.96. The molecule has 1 aliphatic heterocycles. The largest absolute Gasteiger partial charge is 0.337 e. The average Bonchev–Trinajstić information content (AvgIpc) is 3.34. The van der Waals surface area contributed by atoms with Crippen molar-refractivity contribution in [3.05, 3.63) is 54.2 Å². The van der Waals surface area contributed by atoms with Gasteiger partial charge in [0.2, 0.25) is 0 Å². The van der Waals surface area contributed by atoms with Gasteiger partial charge >= 0.3 is 0 Å². The number of hydrogen-bond donors (Lipinski definition) is 2. The number of pyridine rings is 1. The lowest BCUT2D eigenvalue weighted by Crippen LogP contribution is -2.40.